The van der Waals surface area contributed by atoms with Crippen molar-refractivity contribution in [1.82, 2.24) is 5.32 Å². The van der Waals surface area contributed by atoms with E-state index in [1.165, 1.54) is 11.1 Å². The number of nitrogens with two attached hydrogens (primary N) is 1. The Morgan fingerprint density at radius 1 is 1.15 bits per heavy atom. The molecule has 0 saturated heterocycles. The Balaban J connectivity index is 1.79. The van der Waals surface area contributed by atoms with Crippen molar-refractivity contribution in [2.45, 2.75) is 70.0 Å². The van der Waals surface area contributed by atoms with E-state index in [4.69, 9.17) is 5.73 Å². The molecule has 1 fully saturated rings. The minimum atomic E-state index is 0.305. The molecule has 3 rings (SSSR count). The maximum atomic E-state index is 10.3. The van der Waals surface area contributed by atoms with Gasteiger partial charge in [-0.2, -0.15) is 0 Å². The van der Waals surface area contributed by atoms with Gasteiger partial charge in [-0.15, -0.1) is 0 Å². The number of hydrogen-bond donors (Lipinski definition) is 3. The maximum absolute atomic E-state index is 10.3. The van der Waals surface area contributed by atoms with Crippen molar-refractivity contribution in [3.8, 4) is 5.75 Å². The molecule has 2 atom stereocenters. The van der Waals surface area contributed by atoms with Crippen LogP contribution in [-0.2, 0) is 0 Å². The van der Waals surface area contributed by atoms with Crippen molar-refractivity contribution in [2.75, 3.05) is 0 Å². The summed E-state index contributed by atoms with van der Waals surface area (Å²) in [6.07, 6.45) is 5.65. The lowest BCUT2D eigenvalue weighted by Crippen LogP contribution is -2.38. The van der Waals surface area contributed by atoms with Crippen LogP contribution in [0.15, 0.2) is 12.1 Å². The summed E-state index contributed by atoms with van der Waals surface area (Å²) >= 11 is 0. The first-order valence-electron chi connectivity index (χ1n) is 7.90. The molecule has 1 aromatic carbocycles. The summed E-state index contributed by atoms with van der Waals surface area (Å²) in [6.45, 7) is 4.42. The van der Waals surface area contributed by atoms with Gasteiger partial charge in [-0.05, 0) is 62.1 Å². The molecule has 1 saturated carbocycles. The minimum absolute atomic E-state index is 0.305. The number of phenols is 1. The third-order valence-electron chi connectivity index (χ3n) is 5.12. The van der Waals surface area contributed by atoms with E-state index in [1.54, 1.807) is 0 Å². The lowest BCUT2D eigenvalue weighted by molar-refractivity contribution is 0.309. The fraction of sp³-hybridized carbons (Fsp3) is 0.647. The largest absolute Gasteiger partial charge is 0.508 e. The summed E-state index contributed by atoms with van der Waals surface area (Å²) in [7, 11) is 0. The van der Waals surface area contributed by atoms with Gasteiger partial charge >= 0.3 is 0 Å². The van der Waals surface area contributed by atoms with E-state index in [0.29, 0.717) is 29.8 Å². The maximum Gasteiger partial charge on any atom is 0.120 e. The Labute approximate surface area is 121 Å². The van der Waals surface area contributed by atoms with Gasteiger partial charge in [0.15, 0.2) is 0 Å². The second kappa shape index (κ2) is 5.38. The van der Waals surface area contributed by atoms with E-state index in [1.807, 2.05) is 12.1 Å². The lowest BCUT2D eigenvalue weighted by atomic mass is 9.91. The molecular weight excluding hydrogens is 248 g/mol. The van der Waals surface area contributed by atoms with Crippen molar-refractivity contribution < 1.29 is 5.11 Å². The predicted octanol–water partition coefficient (Wildman–Crippen LogP) is 3.11. The summed E-state index contributed by atoms with van der Waals surface area (Å²) in [5.41, 5.74) is 9.79. The highest BCUT2D eigenvalue weighted by Gasteiger charge is 2.33. The average Bonchev–Trinajstić information content (AvgIpc) is 2.75. The fourth-order valence-corrected chi connectivity index (χ4v) is 4.07. The molecular formula is C17H26N2O. The first-order chi connectivity index (χ1) is 9.56. The topological polar surface area (TPSA) is 58.3 Å². The smallest absolute Gasteiger partial charge is 0.120 e. The molecule has 2 aliphatic rings. The number of rotatable bonds is 2. The highest BCUT2D eigenvalue weighted by Crippen LogP contribution is 2.46. The second-order valence-corrected chi connectivity index (χ2v) is 6.70. The lowest BCUT2D eigenvalue weighted by Gasteiger charge is -2.30. The van der Waals surface area contributed by atoms with Gasteiger partial charge < -0.3 is 16.2 Å². The molecule has 20 heavy (non-hydrogen) atoms. The highest BCUT2D eigenvalue weighted by molar-refractivity contribution is 5.50. The normalized spacial score (nSPS) is 33.1. The monoisotopic (exact) mass is 274 g/mol. The molecule has 4 N–H and O–H groups in total. The quantitative estimate of drug-likeness (QED) is 0.776. The number of fused-ring (bicyclic) bond motifs is 1. The molecule has 2 unspecified atom stereocenters. The molecule has 0 aliphatic heterocycles. The van der Waals surface area contributed by atoms with Gasteiger partial charge in [-0.3, -0.25) is 0 Å². The van der Waals surface area contributed by atoms with E-state index < -0.39 is 0 Å². The highest BCUT2D eigenvalue weighted by atomic mass is 16.3. The van der Waals surface area contributed by atoms with E-state index >= 15 is 0 Å². The standard InChI is InChI=1S/C17H26N2O/c1-10-3-8-15(20)17-14(9-11(2)16(10)17)19-13-6-4-12(18)5-7-13/h3,8,11-14,19-20H,4-7,9,18H2,1-2H3. The Kier molecular flexibility index (Phi) is 3.74. The van der Waals surface area contributed by atoms with Crippen LogP contribution in [0.2, 0.25) is 0 Å². The van der Waals surface area contributed by atoms with Crippen LogP contribution in [0.5, 0.6) is 5.75 Å². The van der Waals surface area contributed by atoms with Crippen LogP contribution in [0.1, 0.15) is 67.7 Å². The fourth-order valence-electron chi connectivity index (χ4n) is 4.07. The third-order valence-corrected chi connectivity index (χ3v) is 5.12. The molecule has 0 heterocycles. The van der Waals surface area contributed by atoms with E-state index in [-0.39, 0.29) is 0 Å². The molecule has 0 bridgehead atoms. The van der Waals surface area contributed by atoms with Gasteiger partial charge in [0.1, 0.15) is 5.75 Å². The molecule has 110 valence electrons. The van der Waals surface area contributed by atoms with Crippen molar-refractivity contribution in [1.29, 1.82) is 0 Å². The van der Waals surface area contributed by atoms with Gasteiger partial charge in [-0.1, -0.05) is 13.0 Å². The molecule has 1 aromatic rings. The first-order valence-corrected chi connectivity index (χ1v) is 7.90. The SMILES string of the molecule is Cc1ccc(O)c2c1C(C)CC2NC1CCC(N)CC1. The van der Waals surface area contributed by atoms with Crippen molar-refractivity contribution in [3.05, 3.63) is 28.8 Å². The zero-order chi connectivity index (χ0) is 14.3. The Morgan fingerprint density at radius 2 is 1.85 bits per heavy atom. The number of benzene rings is 1. The molecule has 3 heteroatoms. The predicted molar refractivity (Wildman–Crippen MR) is 82.0 cm³/mol. The number of phenolic OH excluding ortho intramolecular Hbond substituents is 1. The van der Waals surface area contributed by atoms with Crippen LogP contribution >= 0.6 is 0 Å². The van der Waals surface area contributed by atoms with Crippen molar-refractivity contribution >= 4 is 0 Å². The summed E-state index contributed by atoms with van der Waals surface area (Å²) < 4.78 is 0. The molecule has 0 amide bonds. The molecule has 2 aliphatic carbocycles. The van der Waals surface area contributed by atoms with Gasteiger partial charge in [0.2, 0.25) is 0 Å². The summed E-state index contributed by atoms with van der Waals surface area (Å²) in [5, 5.41) is 14.0. The van der Waals surface area contributed by atoms with Crippen LogP contribution in [-0.4, -0.2) is 17.2 Å². The van der Waals surface area contributed by atoms with Gasteiger partial charge in [0.25, 0.3) is 0 Å². The molecule has 0 radical (unpaired) electrons. The van der Waals surface area contributed by atoms with Crippen molar-refractivity contribution in [2.24, 2.45) is 5.73 Å². The van der Waals surface area contributed by atoms with E-state index in [9.17, 15) is 5.11 Å². The second-order valence-electron chi connectivity index (χ2n) is 6.70. The number of nitrogens with one attached hydrogen (secondary N) is 1. The van der Waals surface area contributed by atoms with E-state index in [0.717, 1.165) is 37.7 Å². The Bertz CT molecular complexity index is 492. The van der Waals surface area contributed by atoms with Gasteiger partial charge in [0.05, 0.1) is 0 Å². The number of aromatic hydroxyl groups is 1. The van der Waals surface area contributed by atoms with Crippen LogP contribution in [0.4, 0.5) is 0 Å². The summed E-state index contributed by atoms with van der Waals surface area (Å²) in [6, 6.07) is 5.13. The van der Waals surface area contributed by atoms with Gasteiger partial charge in [0, 0.05) is 23.7 Å². The van der Waals surface area contributed by atoms with Crippen LogP contribution in [0.25, 0.3) is 0 Å². The number of aryl methyl sites for hydroxylation is 1. The van der Waals surface area contributed by atoms with Crippen LogP contribution in [0.3, 0.4) is 0 Å². The van der Waals surface area contributed by atoms with E-state index in [2.05, 4.69) is 19.2 Å². The summed E-state index contributed by atoms with van der Waals surface area (Å²) in [4.78, 5) is 0. The minimum Gasteiger partial charge on any atom is -0.508 e. The third kappa shape index (κ3) is 2.45. The zero-order valence-corrected chi connectivity index (χ0v) is 12.5. The van der Waals surface area contributed by atoms with Gasteiger partial charge in [-0.25, -0.2) is 0 Å². The molecule has 3 nitrogen and oxygen atoms in total. The van der Waals surface area contributed by atoms with Crippen LogP contribution in [0, 0.1) is 6.92 Å². The number of hydrogen-bond acceptors (Lipinski definition) is 3. The van der Waals surface area contributed by atoms with Crippen molar-refractivity contribution in [3.63, 3.8) is 0 Å². The zero-order valence-electron chi connectivity index (χ0n) is 12.5. The Hall–Kier alpha value is -1.06. The molecule has 0 aromatic heterocycles. The van der Waals surface area contributed by atoms with Crippen LogP contribution < -0.4 is 11.1 Å². The first kappa shape index (κ1) is 13.9. The average molecular weight is 274 g/mol. The molecule has 0 spiro atoms. The Morgan fingerprint density at radius 3 is 2.55 bits per heavy atom. The summed E-state index contributed by atoms with van der Waals surface area (Å²) in [5.74, 6) is 0.986.